The van der Waals surface area contributed by atoms with E-state index in [0.29, 0.717) is 0 Å². The summed E-state index contributed by atoms with van der Waals surface area (Å²) in [4.78, 5) is 5.02. The maximum atomic E-state index is 5.02. The van der Waals surface area contributed by atoms with E-state index in [1.165, 1.54) is 41.6 Å². The lowest BCUT2D eigenvalue weighted by atomic mass is 9.79. The van der Waals surface area contributed by atoms with E-state index < -0.39 is 0 Å². The van der Waals surface area contributed by atoms with E-state index >= 15 is 0 Å². The summed E-state index contributed by atoms with van der Waals surface area (Å²) in [6.07, 6.45) is 6.16. The molecule has 1 heterocycles. The highest BCUT2D eigenvalue weighted by Gasteiger charge is 2.40. The lowest BCUT2D eigenvalue weighted by molar-refractivity contribution is 0.403. The zero-order valence-corrected chi connectivity index (χ0v) is 15.2. The molecule has 4 rings (SSSR count). The highest BCUT2D eigenvalue weighted by atomic mass is 15.2. The Hall–Kier alpha value is -2.29. The van der Waals surface area contributed by atoms with Crippen LogP contribution in [0, 0.1) is 13.8 Å². The fraction of sp³-hybridized carbons (Fsp3) is 0.409. The highest BCUT2D eigenvalue weighted by molar-refractivity contribution is 6.09. The first-order valence-electron chi connectivity index (χ1n) is 9.42. The van der Waals surface area contributed by atoms with Crippen LogP contribution in [0.5, 0.6) is 0 Å². The highest BCUT2D eigenvalue weighted by Crippen LogP contribution is 2.40. The molecule has 1 aliphatic carbocycles. The van der Waals surface area contributed by atoms with Crippen molar-refractivity contribution in [3.63, 3.8) is 0 Å². The maximum absolute atomic E-state index is 5.02. The van der Waals surface area contributed by atoms with Crippen LogP contribution < -0.4 is 10.6 Å². The second-order valence-corrected chi connectivity index (χ2v) is 7.53. The number of rotatable bonds is 2. The number of nitrogens with one attached hydrogen (secondary N) is 2. The van der Waals surface area contributed by atoms with Gasteiger partial charge in [0.1, 0.15) is 5.84 Å². The summed E-state index contributed by atoms with van der Waals surface area (Å²) < 4.78 is 0. The van der Waals surface area contributed by atoms with E-state index in [1.807, 2.05) is 0 Å². The molecule has 2 aliphatic rings. The molecule has 3 heteroatoms. The van der Waals surface area contributed by atoms with Gasteiger partial charge in [-0.1, -0.05) is 49.6 Å². The fourth-order valence-electron chi connectivity index (χ4n) is 4.05. The van der Waals surface area contributed by atoms with E-state index in [9.17, 15) is 0 Å². The van der Waals surface area contributed by atoms with Crippen LogP contribution in [0.4, 0.5) is 11.4 Å². The number of hydrogen-bond acceptors (Lipinski definition) is 2. The Morgan fingerprint density at radius 2 is 1.60 bits per heavy atom. The summed E-state index contributed by atoms with van der Waals surface area (Å²) in [5.74, 6) is 1.12. The average Bonchev–Trinajstić information content (AvgIpc) is 2.63. The standard InChI is InChI=1S/C22H27N3/c1-16-13-19-20(14-17(16)2)25-22(11-7-4-8-12-22)21(24-19)23-15-18-9-5-3-6-10-18/h3,5-6,9-10,13-14,25H,4,7-8,11-12,15H2,1-2H3,(H,23,24). The van der Waals surface area contributed by atoms with Crippen LogP contribution in [0.1, 0.15) is 48.8 Å². The van der Waals surface area contributed by atoms with Crippen molar-refractivity contribution in [2.45, 2.75) is 58.0 Å². The van der Waals surface area contributed by atoms with Crippen LogP contribution in [-0.2, 0) is 6.54 Å². The zero-order chi connectivity index (χ0) is 17.3. The van der Waals surface area contributed by atoms with Crippen LogP contribution in [0.3, 0.4) is 0 Å². The van der Waals surface area contributed by atoms with Gasteiger partial charge in [-0.15, -0.1) is 0 Å². The summed E-state index contributed by atoms with van der Waals surface area (Å²) in [5, 5.41) is 7.56. The lowest BCUT2D eigenvalue weighted by Crippen LogP contribution is -2.53. The molecule has 1 spiro atoms. The molecule has 0 aromatic heterocycles. The molecular weight excluding hydrogens is 306 g/mol. The predicted octanol–water partition coefficient (Wildman–Crippen LogP) is 5.44. The Labute approximate surface area is 150 Å². The van der Waals surface area contributed by atoms with Gasteiger partial charge < -0.3 is 10.6 Å². The van der Waals surface area contributed by atoms with Gasteiger partial charge in [0.25, 0.3) is 0 Å². The second-order valence-electron chi connectivity index (χ2n) is 7.53. The summed E-state index contributed by atoms with van der Waals surface area (Å²) >= 11 is 0. The first-order valence-corrected chi connectivity index (χ1v) is 9.42. The topological polar surface area (TPSA) is 36.4 Å². The van der Waals surface area contributed by atoms with Crippen molar-refractivity contribution in [1.29, 1.82) is 0 Å². The molecule has 2 N–H and O–H groups in total. The molecule has 2 aromatic rings. The SMILES string of the molecule is Cc1cc2c(cc1C)NC1(CCCCC1)C(=NCc1ccccc1)N2. The molecule has 2 aromatic carbocycles. The molecule has 0 amide bonds. The third-order valence-electron chi connectivity index (χ3n) is 5.68. The molecule has 0 bridgehead atoms. The first-order chi connectivity index (χ1) is 12.2. The number of fused-ring (bicyclic) bond motifs is 1. The second kappa shape index (κ2) is 6.55. The van der Waals surface area contributed by atoms with E-state index in [4.69, 9.17) is 4.99 Å². The van der Waals surface area contributed by atoms with E-state index in [-0.39, 0.29) is 5.54 Å². The molecule has 0 unspecified atom stereocenters. The van der Waals surface area contributed by atoms with Gasteiger partial charge in [0.2, 0.25) is 0 Å². The number of nitrogens with zero attached hydrogens (tertiary/aromatic N) is 1. The first kappa shape index (κ1) is 16.2. The maximum Gasteiger partial charge on any atom is 0.127 e. The minimum atomic E-state index is -0.0261. The van der Waals surface area contributed by atoms with Crippen molar-refractivity contribution >= 4 is 17.2 Å². The Kier molecular flexibility index (Phi) is 4.24. The molecule has 3 nitrogen and oxygen atoms in total. The fourth-order valence-corrected chi connectivity index (χ4v) is 4.05. The molecular formula is C22H27N3. The van der Waals surface area contributed by atoms with Crippen molar-refractivity contribution in [3.05, 3.63) is 59.2 Å². The molecule has 0 atom stereocenters. The van der Waals surface area contributed by atoms with Gasteiger partial charge in [-0.25, -0.2) is 0 Å². The van der Waals surface area contributed by atoms with Gasteiger partial charge in [-0.05, 0) is 55.5 Å². The van der Waals surface area contributed by atoms with Crippen LogP contribution in [0.2, 0.25) is 0 Å². The lowest BCUT2D eigenvalue weighted by Gasteiger charge is -2.44. The van der Waals surface area contributed by atoms with E-state index in [2.05, 4.69) is 66.9 Å². The number of amidine groups is 1. The zero-order valence-electron chi connectivity index (χ0n) is 15.2. The van der Waals surface area contributed by atoms with E-state index in [1.54, 1.807) is 0 Å². The van der Waals surface area contributed by atoms with Gasteiger partial charge in [0, 0.05) is 0 Å². The van der Waals surface area contributed by atoms with Gasteiger partial charge in [0.05, 0.1) is 23.5 Å². The molecule has 1 aliphatic heterocycles. The Morgan fingerprint density at radius 3 is 2.32 bits per heavy atom. The van der Waals surface area contributed by atoms with Crippen molar-refractivity contribution in [3.8, 4) is 0 Å². The number of aryl methyl sites for hydroxylation is 2. The summed E-state index contributed by atoms with van der Waals surface area (Å²) in [5.41, 5.74) is 6.27. The molecule has 130 valence electrons. The predicted molar refractivity (Wildman–Crippen MR) is 107 cm³/mol. The van der Waals surface area contributed by atoms with Crippen molar-refractivity contribution in [2.75, 3.05) is 10.6 Å². The number of benzene rings is 2. The normalized spacial score (nSPS) is 20.0. The molecule has 25 heavy (non-hydrogen) atoms. The Balaban J connectivity index is 1.70. The van der Waals surface area contributed by atoms with E-state index in [0.717, 1.165) is 30.9 Å². The Morgan fingerprint density at radius 1 is 0.920 bits per heavy atom. The van der Waals surface area contributed by atoms with Gasteiger partial charge in [-0.3, -0.25) is 4.99 Å². The minimum absolute atomic E-state index is 0.0261. The van der Waals surface area contributed by atoms with Gasteiger partial charge in [0.15, 0.2) is 0 Å². The van der Waals surface area contributed by atoms with Crippen LogP contribution in [-0.4, -0.2) is 11.4 Å². The molecule has 1 fully saturated rings. The van der Waals surface area contributed by atoms with Crippen molar-refractivity contribution < 1.29 is 0 Å². The van der Waals surface area contributed by atoms with Crippen molar-refractivity contribution in [1.82, 2.24) is 0 Å². The molecule has 1 saturated carbocycles. The summed E-state index contributed by atoms with van der Waals surface area (Å²) in [7, 11) is 0. The van der Waals surface area contributed by atoms with Crippen LogP contribution in [0.25, 0.3) is 0 Å². The summed E-state index contributed by atoms with van der Waals surface area (Å²) in [6, 6.07) is 15.0. The quantitative estimate of drug-likeness (QED) is 0.767. The smallest absolute Gasteiger partial charge is 0.127 e. The summed E-state index contributed by atoms with van der Waals surface area (Å²) in [6.45, 7) is 5.08. The minimum Gasteiger partial charge on any atom is -0.371 e. The Bertz CT molecular complexity index is 786. The van der Waals surface area contributed by atoms with Gasteiger partial charge >= 0.3 is 0 Å². The number of anilines is 2. The molecule has 0 saturated heterocycles. The number of hydrogen-bond donors (Lipinski definition) is 2. The number of aliphatic imine (C=N–C) groups is 1. The monoisotopic (exact) mass is 333 g/mol. The van der Waals surface area contributed by atoms with Crippen LogP contribution >= 0.6 is 0 Å². The third-order valence-corrected chi connectivity index (χ3v) is 5.68. The van der Waals surface area contributed by atoms with Gasteiger partial charge in [-0.2, -0.15) is 0 Å². The molecule has 0 radical (unpaired) electrons. The average molecular weight is 333 g/mol. The van der Waals surface area contributed by atoms with Crippen molar-refractivity contribution in [2.24, 2.45) is 4.99 Å². The largest absolute Gasteiger partial charge is 0.371 e. The van der Waals surface area contributed by atoms with Crippen LogP contribution in [0.15, 0.2) is 47.5 Å². The third kappa shape index (κ3) is 3.15.